The van der Waals surface area contributed by atoms with Crippen molar-refractivity contribution in [3.63, 3.8) is 0 Å². The number of allylic oxidation sites excluding steroid dienone is 4. The molecule has 1 nitrogen and oxygen atoms in total. The topological polar surface area (TPSA) is 20.2 Å². The molecular formula is C24H28Cl2OSiZr-2. The Morgan fingerprint density at radius 2 is 1.52 bits per heavy atom. The molecule has 0 atom stereocenters. The molecule has 5 heteroatoms. The second-order valence-corrected chi connectivity index (χ2v) is 13.4. The SMILES string of the molecule is C[CH]=[Zr+2].C[Si](C)(CCO)C1=CC[C-]=C1.[Cl-].[Cl-].c1ccc2c(c1)[cH-]c1ccccc12. The molecule has 0 saturated heterocycles. The summed E-state index contributed by atoms with van der Waals surface area (Å²) in [7, 11) is -1.28. The summed E-state index contributed by atoms with van der Waals surface area (Å²) in [6, 6.07) is 20.2. The molecule has 0 bridgehead atoms. The van der Waals surface area contributed by atoms with Crippen LogP contribution in [-0.4, -0.2) is 23.5 Å². The predicted octanol–water partition coefficient (Wildman–Crippen LogP) is -0.00901. The normalized spacial score (nSPS) is 12.0. The van der Waals surface area contributed by atoms with E-state index in [0.29, 0.717) is 6.61 Å². The Morgan fingerprint density at radius 3 is 1.93 bits per heavy atom. The third kappa shape index (κ3) is 8.15. The number of hydrogen-bond donors (Lipinski definition) is 1. The molecule has 0 aliphatic heterocycles. The molecule has 154 valence electrons. The van der Waals surface area contributed by atoms with E-state index in [4.69, 9.17) is 5.11 Å². The summed E-state index contributed by atoms with van der Waals surface area (Å²) < 4.78 is 2.09. The zero-order valence-corrected chi connectivity index (χ0v) is 22.2. The van der Waals surface area contributed by atoms with Crippen LogP contribution in [0, 0.1) is 6.08 Å². The van der Waals surface area contributed by atoms with E-state index in [1.165, 1.54) is 51.0 Å². The van der Waals surface area contributed by atoms with E-state index < -0.39 is 8.07 Å². The molecule has 1 aliphatic carbocycles. The Kier molecular flexibility index (Phi) is 14.0. The zero-order valence-electron chi connectivity index (χ0n) is 17.3. The van der Waals surface area contributed by atoms with Crippen molar-refractivity contribution >= 4 is 33.3 Å². The molecule has 1 aliphatic rings. The van der Waals surface area contributed by atoms with Crippen LogP contribution in [0.15, 0.2) is 71.9 Å². The molecule has 0 spiro atoms. The van der Waals surface area contributed by atoms with Gasteiger partial charge in [0.15, 0.2) is 0 Å². The van der Waals surface area contributed by atoms with Crippen LogP contribution in [0.1, 0.15) is 13.3 Å². The number of fused-ring (bicyclic) bond motifs is 3. The fourth-order valence-electron chi connectivity index (χ4n) is 3.20. The molecule has 0 saturated carbocycles. The van der Waals surface area contributed by atoms with E-state index in [1.807, 2.05) is 6.92 Å². The van der Waals surface area contributed by atoms with Crippen molar-refractivity contribution in [1.29, 1.82) is 0 Å². The van der Waals surface area contributed by atoms with E-state index in [9.17, 15) is 0 Å². The van der Waals surface area contributed by atoms with Crippen molar-refractivity contribution in [2.75, 3.05) is 6.61 Å². The Morgan fingerprint density at radius 1 is 1.03 bits per heavy atom. The second-order valence-electron chi connectivity index (χ2n) is 7.18. The molecule has 0 radical (unpaired) electrons. The van der Waals surface area contributed by atoms with Crippen molar-refractivity contribution in [2.45, 2.75) is 32.5 Å². The van der Waals surface area contributed by atoms with Crippen LogP contribution in [0.4, 0.5) is 0 Å². The number of halogens is 2. The van der Waals surface area contributed by atoms with Crippen LogP contribution in [0.25, 0.3) is 21.5 Å². The van der Waals surface area contributed by atoms with Gasteiger partial charge in [-0.3, -0.25) is 6.08 Å². The van der Waals surface area contributed by atoms with Crippen LogP contribution in [-0.2, 0) is 24.2 Å². The first-order chi connectivity index (χ1) is 13.0. The number of aliphatic hydroxyl groups excluding tert-OH is 1. The van der Waals surface area contributed by atoms with Gasteiger partial charge in [0.25, 0.3) is 0 Å². The first-order valence-electron chi connectivity index (χ1n) is 9.40. The number of rotatable bonds is 3. The van der Waals surface area contributed by atoms with Gasteiger partial charge in [-0.1, -0.05) is 49.5 Å². The van der Waals surface area contributed by atoms with Gasteiger partial charge < -0.3 is 29.9 Å². The molecule has 0 fully saturated rings. The minimum atomic E-state index is -1.28. The summed E-state index contributed by atoms with van der Waals surface area (Å²) in [6.07, 6.45) is 8.48. The maximum absolute atomic E-state index is 8.84. The minimum absolute atomic E-state index is 0. The molecule has 4 rings (SSSR count). The molecule has 0 heterocycles. The first kappa shape index (κ1) is 28.3. The first-order valence-corrected chi connectivity index (χ1v) is 14.0. The van der Waals surface area contributed by atoms with Crippen molar-refractivity contribution < 1.29 is 54.2 Å². The largest absolute Gasteiger partial charge is 1.00 e. The van der Waals surface area contributed by atoms with Crippen LogP contribution in [0.5, 0.6) is 0 Å². The van der Waals surface area contributed by atoms with E-state index in [1.54, 1.807) is 0 Å². The van der Waals surface area contributed by atoms with Crippen molar-refractivity contribution in [3.8, 4) is 0 Å². The van der Waals surface area contributed by atoms with Gasteiger partial charge in [0.05, 0.1) is 0 Å². The third-order valence-electron chi connectivity index (χ3n) is 4.74. The molecular weight excluding hydrogens is 494 g/mol. The smallest absolute Gasteiger partial charge is 0.0397 e. The van der Waals surface area contributed by atoms with Crippen LogP contribution in [0.3, 0.4) is 0 Å². The van der Waals surface area contributed by atoms with Gasteiger partial charge in [0.2, 0.25) is 0 Å². The Bertz CT molecular complexity index is 894. The minimum Gasteiger partial charge on any atom is -1.00 e. The van der Waals surface area contributed by atoms with Crippen molar-refractivity contribution in [3.05, 3.63) is 78.0 Å². The fourth-order valence-corrected chi connectivity index (χ4v) is 5.19. The number of benzene rings is 2. The monoisotopic (exact) mass is 520 g/mol. The maximum Gasteiger partial charge on any atom is 0.0397 e. The summed E-state index contributed by atoms with van der Waals surface area (Å²) in [5.41, 5.74) is 0. The number of aliphatic hydroxyl groups is 1. The molecule has 0 amide bonds. The zero-order chi connectivity index (χ0) is 19.7. The number of hydrogen-bond acceptors (Lipinski definition) is 1. The summed E-state index contributed by atoms with van der Waals surface area (Å²) in [5, 5.41) is 15.7. The Labute approximate surface area is 203 Å². The maximum atomic E-state index is 8.84. The molecule has 3 aromatic rings. The van der Waals surface area contributed by atoms with E-state index in [-0.39, 0.29) is 24.8 Å². The van der Waals surface area contributed by atoms with E-state index >= 15 is 0 Å². The standard InChI is InChI=1S/C13H9.C9H15OSi.C2H4.2ClH.Zr/c1-3-7-12-10(5-1)9-11-6-2-4-8-13(11)12;1-11(2,8-7-10)9-5-3-4-6-9;1-2;;;/h1-9H;5-6,10H,3,7-8H2,1-2H3;1H,2H3;2*1H;/q2*-1;;;;+2/p-2. The van der Waals surface area contributed by atoms with E-state index in [2.05, 4.69) is 89.6 Å². The summed E-state index contributed by atoms with van der Waals surface area (Å²) >= 11 is 1.51. The Hall–Kier alpha value is -0.700. The average Bonchev–Trinajstić information content (AvgIpc) is 3.31. The van der Waals surface area contributed by atoms with Gasteiger partial charge >= 0.3 is 34.9 Å². The van der Waals surface area contributed by atoms with Crippen LogP contribution >= 0.6 is 0 Å². The van der Waals surface area contributed by atoms with Gasteiger partial charge in [-0.15, -0.1) is 46.2 Å². The second kappa shape index (κ2) is 14.3. The molecule has 29 heavy (non-hydrogen) atoms. The van der Waals surface area contributed by atoms with Gasteiger partial charge in [0.1, 0.15) is 0 Å². The molecule has 3 aromatic carbocycles. The van der Waals surface area contributed by atoms with Gasteiger partial charge in [-0.25, -0.2) is 11.3 Å². The van der Waals surface area contributed by atoms with Crippen LogP contribution < -0.4 is 24.8 Å². The van der Waals surface area contributed by atoms with Crippen molar-refractivity contribution in [2.24, 2.45) is 0 Å². The summed E-state index contributed by atoms with van der Waals surface area (Å²) in [5.74, 6) is 0. The van der Waals surface area contributed by atoms with E-state index in [0.717, 1.165) is 12.5 Å². The summed E-state index contributed by atoms with van der Waals surface area (Å²) in [4.78, 5) is 0. The predicted molar refractivity (Wildman–Crippen MR) is 119 cm³/mol. The van der Waals surface area contributed by atoms with Crippen LogP contribution in [0.2, 0.25) is 19.1 Å². The summed E-state index contributed by atoms with van der Waals surface area (Å²) in [6.45, 7) is 6.94. The third-order valence-corrected chi connectivity index (χ3v) is 8.12. The van der Waals surface area contributed by atoms with Gasteiger partial charge in [-0.2, -0.15) is 6.08 Å². The van der Waals surface area contributed by atoms with Crippen molar-refractivity contribution in [1.82, 2.24) is 0 Å². The molecule has 0 unspecified atom stereocenters. The fraction of sp³-hybridized carbons (Fsp3) is 0.250. The molecule has 1 N–H and O–H groups in total. The quantitative estimate of drug-likeness (QED) is 0.379. The Balaban J connectivity index is 0.000000455. The van der Waals surface area contributed by atoms with Gasteiger partial charge in [-0.05, 0) is 14.1 Å². The molecule has 0 aromatic heterocycles. The average molecular weight is 523 g/mol. The van der Waals surface area contributed by atoms with Gasteiger partial charge in [0, 0.05) is 6.61 Å².